The molecule has 0 unspecified atom stereocenters. The van der Waals surface area contributed by atoms with E-state index in [0.717, 1.165) is 16.7 Å². The Balaban J connectivity index is 1.51. The van der Waals surface area contributed by atoms with Gasteiger partial charge in [-0.3, -0.25) is 24.5 Å². The number of aromatic nitrogens is 4. The molecule has 5 aromatic rings. The van der Waals surface area contributed by atoms with Crippen molar-refractivity contribution in [2.75, 3.05) is 26.1 Å². The van der Waals surface area contributed by atoms with Crippen LogP contribution < -0.4 is 26.1 Å². The fraction of sp³-hybridized carbons (Fsp3) is 0.314. The van der Waals surface area contributed by atoms with E-state index < -0.39 is 23.5 Å². The normalized spacial score (nSPS) is 18.0. The number of methoxy groups -OCH3 is 2. The van der Waals surface area contributed by atoms with Gasteiger partial charge < -0.3 is 24.7 Å². The molecule has 12 heteroatoms. The molecule has 1 aliphatic heterocycles. The van der Waals surface area contributed by atoms with E-state index in [4.69, 9.17) is 24.7 Å². The smallest absolute Gasteiger partial charge is 0.280 e. The lowest BCUT2D eigenvalue weighted by atomic mass is 9.79. The van der Waals surface area contributed by atoms with Crippen molar-refractivity contribution >= 4 is 23.0 Å². The molecule has 4 N–H and O–H groups in total. The second-order valence-electron chi connectivity index (χ2n) is 11.7. The van der Waals surface area contributed by atoms with Gasteiger partial charge in [-0.2, -0.15) is 4.98 Å². The van der Waals surface area contributed by atoms with E-state index in [-0.39, 0.29) is 41.6 Å². The Morgan fingerprint density at radius 1 is 1.00 bits per heavy atom. The van der Waals surface area contributed by atoms with E-state index in [1.165, 1.54) is 6.33 Å². The second kappa shape index (κ2) is 13.4. The highest BCUT2D eigenvalue weighted by molar-refractivity contribution is 5.91. The number of carbonyl (C=O) groups is 1. The zero-order valence-electron chi connectivity index (χ0n) is 26.7. The first-order valence-corrected chi connectivity index (χ1v) is 15.4. The number of hydrogen-bond acceptors (Lipinski definition) is 9. The summed E-state index contributed by atoms with van der Waals surface area (Å²) in [6.45, 7) is 3.75. The fourth-order valence-corrected chi connectivity index (χ4v) is 5.91. The highest BCUT2D eigenvalue weighted by atomic mass is 16.6. The quantitative estimate of drug-likeness (QED) is 0.179. The third-order valence-corrected chi connectivity index (χ3v) is 8.38. The molecular weight excluding hydrogens is 600 g/mol. The average molecular weight is 639 g/mol. The molecule has 47 heavy (non-hydrogen) atoms. The van der Waals surface area contributed by atoms with E-state index in [1.807, 2.05) is 78.9 Å². The summed E-state index contributed by atoms with van der Waals surface area (Å²) in [6.07, 6.45) is 0.231. The minimum atomic E-state index is -1.13. The molecule has 3 heterocycles. The lowest BCUT2D eigenvalue weighted by Crippen LogP contribution is -2.39. The van der Waals surface area contributed by atoms with Gasteiger partial charge in [0.1, 0.15) is 23.2 Å². The van der Waals surface area contributed by atoms with Crippen molar-refractivity contribution in [3.8, 4) is 11.5 Å². The average Bonchev–Trinajstić information content (AvgIpc) is 3.71. The van der Waals surface area contributed by atoms with Crippen LogP contribution in [-0.2, 0) is 19.9 Å². The molecule has 0 spiro atoms. The number of aromatic amines is 1. The van der Waals surface area contributed by atoms with Crippen LogP contribution in [0.25, 0.3) is 11.2 Å². The minimum Gasteiger partial charge on any atom is -0.497 e. The summed E-state index contributed by atoms with van der Waals surface area (Å²) in [7, 11) is 3.25. The third-order valence-electron chi connectivity index (χ3n) is 8.38. The van der Waals surface area contributed by atoms with Crippen molar-refractivity contribution in [1.82, 2.24) is 19.5 Å². The topological polar surface area (TPSA) is 156 Å². The zero-order valence-corrected chi connectivity index (χ0v) is 26.7. The number of H-pyrrole nitrogens is 1. The number of amides is 1. The number of imidazole rings is 1. The first-order valence-electron chi connectivity index (χ1n) is 15.4. The Hall–Kier alpha value is -5.04. The zero-order chi connectivity index (χ0) is 33.1. The molecule has 1 fully saturated rings. The number of fused-ring (bicyclic) bond motifs is 1. The molecular formula is C35H38N6O6. The number of nitrogens with one attached hydrogen (secondary N) is 2. The molecule has 3 atom stereocenters. The number of benzene rings is 3. The molecule has 0 bridgehead atoms. The third kappa shape index (κ3) is 6.10. The minimum absolute atomic E-state index is 0.0175. The maximum Gasteiger partial charge on any atom is 0.280 e. The largest absolute Gasteiger partial charge is 0.497 e. The molecule has 1 aliphatic rings. The number of nitrogens with two attached hydrogens (primary N) is 1. The molecule has 0 radical (unpaired) electrons. The Morgan fingerprint density at radius 3 is 2.15 bits per heavy atom. The number of carbonyl (C=O) groups excluding carboxylic acids is 1. The van der Waals surface area contributed by atoms with Crippen LogP contribution in [-0.4, -0.2) is 58.4 Å². The summed E-state index contributed by atoms with van der Waals surface area (Å²) in [6, 6.07) is 25.5. The summed E-state index contributed by atoms with van der Waals surface area (Å²) < 4.78 is 26.5. The van der Waals surface area contributed by atoms with E-state index in [9.17, 15) is 9.59 Å². The summed E-state index contributed by atoms with van der Waals surface area (Å²) in [5.74, 6) is 0.828. The molecule has 0 aliphatic carbocycles. The molecule has 244 valence electrons. The molecule has 2 aromatic heterocycles. The number of rotatable bonds is 11. The number of nitrogens with zero attached hydrogens (tertiary/aromatic N) is 3. The lowest BCUT2D eigenvalue weighted by Gasteiger charge is -2.39. The van der Waals surface area contributed by atoms with Crippen LogP contribution in [0.2, 0.25) is 0 Å². The van der Waals surface area contributed by atoms with Gasteiger partial charge in [0.05, 0.1) is 26.7 Å². The predicted molar refractivity (Wildman–Crippen MR) is 176 cm³/mol. The monoisotopic (exact) mass is 638 g/mol. The van der Waals surface area contributed by atoms with E-state index in [2.05, 4.69) is 20.3 Å². The maximum absolute atomic E-state index is 13.0. The van der Waals surface area contributed by atoms with Crippen molar-refractivity contribution in [1.29, 1.82) is 0 Å². The highest BCUT2D eigenvalue weighted by Crippen LogP contribution is 2.46. The predicted octanol–water partition coefficient (Wildman–Crippen LogP) is 4.35. The van der Waals surface area contributed by atoms with Gasteiger partial charge in [0, 0.05) is 18.9 Å². The van der Waals surface area contributed by atoms with Crippen LogP contribution in [0.5, 0.6) is 11.5 Å². The van der Waals surface area contributed by atoms with Gasteiger partial charge in [-0.25, -0.2) is 4.98 Å². The van der Waals surface area contributed by atoms with Gasteiger partial charge >= 0.3 is 0 Å². The fourth-order valence-electron chi connectivity index (χ4n) is 5.91. The second-order valence-corrected chi connectivity index (χ2v) is 11.7. The Kier molecular flexibility index (Phi) is 9.08. The van der Waals surface area contributed by atoms with Crippen molar-refractivity contribution < 1.29 is 23.7 Å². The van der Waals surface area contributed by atoms with Crippen LogP contribution >= 0.6 is 0 Å². The number of anilines is 1. The van der Waals surface area contributed by atoms with Gasteiger partial charge in [0.2, 0.25) is 11.9 Å². The lowest BCUT2D eigenvalue weighted by molar-refractivity contribution is -0.118. The number of hydrogen-bond donors (Lipinski definition) is 3. The molecule has 1 saturated heterocycles. The standard InChI is InChI=1S/C35H38N6O6/c1-21(2)31(42)39-34-38-30-29(32(43)40-34)37-20-41(30)33-28(18-27(19-36)46-33)47-35(22-8-6-5-7-9-22,23-10-14-25(44-3)15-11-23)24-12-16-26(45-4)17-13-24/h5-17,20-21,27-28,33H,18-19,36H2,1-4H3,(H2,38,39,40,42,43)/t27-,28+,33+/m0/s1. The van der Waals surface area contributed by atoms with Crippen LogP contribution in [0, 0.1) is 5.92 Å². The Bertz CT molecular complexity index is 1840. The van der Waals surface area contributed by atoms with Gasteiger partial charge in [-0.1, -0.05) is 68.4 Å². The first kappa shape index (κ1) is 31.9. The van der Waals surface area contributed by atoms with E-state index in [1.54, 1.807) is 32.6 Å². The molecule has 12 nitrogen and oxygen atoms in total. The van der Waals surface area contributed by atoms with Crippen LogP contribution in [0.1, 0.15) is 43.2 Å². The summed E-state index contributed by atoms with van der Waals surface area (Å²) in [5.41, 5.74) is 7.48. The van der Waals surface area contributed by atoms with Crippen LogP contribution in [0.3, 0.4) is 0 Å². The van der Waals surface area contributed by atoms with E-state index >= 15 is 0 Å². The van der Waals surface area contributed by atoms with E-state index in [0.29, 0.717) is 17.9 Å². The van der Waals surface area contributed by atoms with Crippen molar-refractivity contribution in [3.63, 3.8) is 0 Å². The Morgan fingerprint density at radius 2 is 1.60 bits per heavy atom. The number of ether oxygens (including phenoxy) is 4. The molecule has 6 rings (SSSR count). The van der Waals surface area contributed by atoms with Gasteiger partial charge in [0.25, 0.3) is 5.56 Å². The summed E-state index contributed by atoms with van der Waals surface area (Å²) in [5, 5.41) is 2.68. The SMILES string of the molecule is COc1ccc(C(O[C@@H]2C[C@@H](CN)O[C@H]2n2cnc3c(=O)[nH]c(NC(=O)C(C)C)nc32)(c2ccccc2)c2ccc(OC)cc2)cc1. The summed E-state index contributed by atoms with van der Waals surface area (Å²) in [4.78, 5) is 37.0. The molecule has 1 amide bonds. The Labute approximate surface area is 271 Å². The van der Waals surface area contributed by atoms with Gasteiger partial charge in [0.15, 0.2) is 17.4 Å². The van der Waals surface area contributed by atoms with Gasteiger partial charge in [-0.15, -0.1) is 0 Å². The molecule has 0 saturated carbocycles. The maximum atomic E-state index is 13.0. The summed E-state index contributed by atoms with van der Waals surface area (Å²) >= 11 is 0. The van der Waals surface area contributed by atoms with Crippen molar-refractivity contribution in [2.45, 2.75) is 44.3 Å². The van der Waals surface area contributed by atoms with Crippen LogP contribution in [0.15, 0.2) is 90.0 Å². The van der Waals surface area contributed by atoms with Crippen LogP contribution in [0.4, 0.5) is 5.95 Å². The highest BCUT2D eigenvalue weighted by Gasteiger charge is 2.46. The molecule has 3 aromatic carbocycles. The first-order chi connectivity index (χ1) is 22.8. The van der Waals surface area contributed by atoms with Gasteiger partial charge in [-0.05, 0) is 41.0 Å². The van der Waals surface area contributed by atoms with Crippen molar-refractivity contribution in [3.05, 3.63) is 112 Å². The van der Waals surface area contributed by atoms with Crippen molar-refractivity contribution in [2.24, 2.45) is 11.7 Å².